The zero-order valence-electron chi connectivity index (χ0n) is 18.4. The third-order valence-electron chi connectivity index (χ3n) is 4.99. The second-order valence-corrected chi connectivity index (χ2v) is 8.74. The summed E-state index contributed by atoms with van der Waals surface area (Å²) in [5, 5.41) is 3.80. The van der Waals surface area contributed by atoms with Crippen LogP contribution in [0.1, 0.15) is 25.9 Å². The monoisotopic (exact) mass is 442 g/mol. The van der Waals surface area contributed by atoms with Gasteiger partial charge in [0.05, 0.1) is 24.4 Å². The normalized spacial score (nSPS) is 14.7. The molecule has 0 aliphatic carbocycles. The van der Waals surface area contributed by atoms with Crippen LogP contribution in [0.4, 0.5) is 5.69 Å². The Morgan fingerprint density at radius 1 is 1.32 bits per heavy atom. The first-order chi connectivity index (χ1) is 14.9. The van der Waals surface area contributed by atoms with Crippen molar-refractivity contribution in [2.24, 2.45) is 9.98 Å². The fourth-order valence-corrected chi connectivity index (χ4v) is 4.35. The summed E-state index contributed by atoms with van der Waals surface area (Å²) in [6.07, 6.45) is 0. The molecule has 31 heavy (non-hydrogen) atoms. The first-order valence-corrected chi connectivity index (χ1v) is 10.9. The van der Waals surface area contributed by atoms with Crippen LogP contribution in [0.25, 0.3) is 0 Å². The second kappa shape index (κ2) is 8.64. The molecule has 2 aliphatic heterocycles. The van der Waals surface area contributed by atoms with Gasteiger partial charge in [0.25, 0.3) is 5.91 Å². The number of amides is 1. The highest BCUT2D eigenvalue weighted by Crippen LogP contribution is 2.43. The lowest BCUT2D eigenvalue weighted by molar-refractivity contribution is 0.0977. The molecular weight excluding hydrogens is 416 g/mol. The number of aromatic nitrogens is 1. The summed E-state index contributed by atoms with van der Waals surface area (Å²) in [6, 6.07) is 3.83. The highest BCUT2D eigenvalue weighted by atomic mass is 32.1. The van der Waals surface area contributed by atoms with Crippen molar-refractivity contribution in [3.63, 3.8) is 0 Å². The van der Waals surface area contributed by atoms with Gasteiger partial charge in [0.1, 0.15) is 23.0 Å². The lowest BCUT2D eigenvalue weighted by Crippen LogP contribution is -2.47. The number of carbonyl (C=O) groups is 1. The number of methoxy groups -OCH3 is 1. The molecule has 4 rings (SSSR count). The van der Waals surface area contributed by atoms with Gasteiger partial charge in [0, 0.05) is 18.7 Å². The van der Waals surface area contributed by atoms with Gasteiger partial charge in [0.15, 0.2) is 11.5 Å². The largest absolute Gasteiger partial charge is 0.491 e. The fourth-order valence-electron chi connectivity index (χ4n) is 3.54. The summed E-state index contributed by atoms with van der Waals surface area (Å²) in [5.41, 5.74) is 2.17. The number of hydrogen-bond acceptors (Lipinski definition) is 9. The SMILES string of the molecule is COc1c(OCCN(C)C)ccc2c1N=C(NC(=O)c1sc(C)nc1C)N1CCN=C21. The van der Waals surface area contributed by atoms with Gasteiger partial charge < -0.3 is 14.4 Å². The lowest BCUT2D eigenvalue weighted by Gasteiger charge is -2.28. The van der Waals surface area contributed by atoms with Gasteiger partial charge in [0.2, 0.25) is 5.96 Å². The maximum absolute atomic E-state index is 12.9. The number of carbonyl (C=O) groups excluding carboxylic acids is 1. The average molecular weight is 443 g/mol. The Kier molecular flexibility index (Phi) is 5.92. The van der Waals surface area contributed by atoms with E-state index in [2.05, 4.69) is 15.3 Å². The van der Waals surface area contributed by atoms with E-state index in [1.165, 1.54) is 11.3 Å². The van der Waals surface area contributed by atoms with Gasteiger partial charge in [-0.05, 0) is 40.1 Å². The molecule has 164 valence electrons. The molecule has 0 atom stereocenters. The van der Waals surface area contributed by atoms with E-state index in [1.54, 1.807) is 7.11 Å². The van der Waals surface area contributed by atoms with Crippen molar-refractivity contribution < 1.29 is 14.3 Å². The van der Waals surface area contributed by atoms with Crippen LogP contribution in [0.2, 0.25) is 0 Å². The summed E-state index contributed by atoms with van der Waals surface area (Å²) in [4.78, 5) is 31.2. The highest BCUT2D eigenvalue weighted by molar-refractivity contribution is 7.13. The van der Waals surface area contributed by atoms with E-state index >= 15 is 0 Å². The van der Waals surface area contributed by atoms with Crippen LogP contribution in [0, 0.1) is 13.8 Å². The molecule has 0 unspecified atom stereocenters. The number of guanidine groups is 1. The van der Waals surface area contributed by atoms with Crippen LogP contribution in [0.15, 0.2) is 22.1 Å². The Hall–Kier alpha value is -2.98. The topological polar surface area (TPSA) is 91.7 Å². The number of amidine groups is 1. The van der Waals surface area contributed by atoms with E-state index < -0.39 is 0 Å². The molecule has 0 fully saturated rings. The molecule has 2 aliphatic rings. The van der Waals surface area contributed by atoms with Crippen molar-refractivity contribution >= 4 is 34.7 Å². The van der Waals surface area contributed by atoms with Crippen LogP contribution >= 0.6 is 11.3 Å². The predicted octanol–water partition coefficient (Wildman–Crippen LogP) is 2.20. The number of nitrogens with one attached hydrogen (secondary N) is 1. The van der Waals surface area contributed by atoms with Crippen LogP contribution in [0.5, 0.6) is 11.5 Å². The predicted molar refractivity (Wildman–Crippen MR) is 121 cm³/mol. The Morgan fingerprint density at radius 3 is 2.81 bits per heavy atom. The zero-order chi connectivity index (χ0) is 22.1. The number of hydrogen-bond donors (Lipinski definition) is 1. The third-order valence-corrected chi connectivity index (χ3v) is 6.06. The van der Waals surface area contributed by atoms with Gasteiger partial charge in [-0.1, -0.05) is 0 Å². The Morgan fingerprint density at radius 2 is 2.13 bits per heavy atom. The lowest BCUT2D eigenvalue weighted by atomic mass is 10.1. The van der Waals surface area contributed by atoms with Crippen LogP contribution < -0.4 is 14.8 Å². The number of thiazole rings is 1. The molecule has 0 radical (unpaired) electrons. The quantitative estimate of drug-likeness (QED) is 0.738. The number of aliphatic imine (C=N–C) groups is 2. The van der Waals surface area contributed by atoms with E-state index in [9.17, 15) is 4.79 Å². The van der Waals surface area contributed by atoms with Gasteiger partial charge in [-0.15, -0.1) is 11.3 Å². The minimum Gasteiger partial charge on any atom is -0.491 e. The molecule has 1 N–H and O–H groups in total. The first kappa shape index (κ1) is 21.3. The number of ether oxygens (including phenoxy) is 2. The van der Waals surface area contributed by atoms with Crippen molar-refractivity contribution in [1.29, 1.82) is 0 Å². The van der Waals surface area contributed by atoms with Crippen LogP contribution in [0.3, 0.4) is 0 Å². The van der Waals surface area contributed by atoms with Gasteiger partial charge >= 0.3 is 0 Å². The maximum atomic E-state index is 12.9. The molecule has 3 heterocycles. The fraction of sp³-hybridized carbons (Fsp3) is 0.429. The first-order valence-electron chi connectivity index (χ1n) is 10.0. The smallest absolute Gasteiger partial charge is 0.269 e. The molecule has 0 spiro atoms. The Labute approximate surface area is 185 Å². The Bertz CT molecular complexity index is 1080. The molecule has 0 saturated carbocycles. The van der Waals surface area contributed by atoms with E-state index in [-0.39, 0.29) is 5.91 Å². The van der Waals surface area contributed by atoms with E-state index in [1.807, 2.05) is 49.9 Å². The molecule has 1 amide bonds. The summed E-state index contributed by atoms with van der Waals surface area (Å²) >= 11 is 1.37. The second-order valence-electron chi connectivity index (χ2n) is 7.54. The number of benzene rings is 1. The highest BCUT2D eigenvalue weighted by Gasteiger charge is 2.33. The Balaban J connectivity index is 1.69. The van der Waals surface area contributed by atoms with Gasteiger partial charge in [-0.3, -0.25) is 20.0 Å². The number of likely N-dealkylation sites (N-methyl/N-ethyl adjacent to an activating group) is 1. The van der Waals surface area contributed by atoms with Crippen molar-refractivity contribution in [2.45, 2.75) is 13.8 Å². The summed E-state index contributed by atoms with van der Waals surface area (Å²) in [6.45, 7) is 6.30. The average Bonchev–Trinajstić information content (AvgIpc) is 3.34. The van der Waals surface area contributed by atoms with Crippen molar-refractivity contribution in [2.75, 3.05) is 47.4 Å². The molecule has 1 aromatic heterocycles. The molecule has 1 aromatic carbocycles. The zero-order valence-corrected chi connectivity index (χ0v) is 19.2. The van der Waals surface area contributed by atoms with Crippen LogP contribution in [-0.2, 0) is 0 Å². The summed E-state index contributed by atoms with van der Waals surface area (Å²) < 4.78 is 11.6. The maximum Gasteiger partial charge on any atom is 0.269 e. The van der Waals surface area contributed by atoms with E-state index in [4.69, 9.17) is 14.5 Å². The van der Waals surface area contributed by atoms with Gasteiger partial charge in [-0.2, -0.15) is 0 Å². The molecule has 0 bridgehead atoms. The van der Waals surface area contributed by atoms with E-state index in [0.29, 0.717) is 53.4 Å². The molecule has 2 aromatic rings. The number of aryl methyl sites for hydroxylation is 2. The molecular formula is C21H26N6O3S. The molecule has 10 heteroatoms. The number of rotatable bonds is 6. The van der Waals surface area contributed by atoms with E-state index in [0.717, 1.165) is 23.0 Å². The van der Waals surface area contributed by atoms with Crippen LogP contribution in [-0.4, -0.2) is 79.9 Å². The van der Waals surface area contributed by atoms with Crippen molar-refractivity contribution in [3.8, 4) is 11.5 Å². The van der Waals surface area contributed by atoms with Crippen molar-refractivity contribution in [3.05, 3.63) is 33.3 Å². The molecule has 9 nitrogen and oxygen atoms in total. The minimum absolute atomic E-state index is 0.228. The van der Waals surface area contributed by atoms with Gasteiger partial charge in [-0.25, -0.2) is 9.98 Å². The summed E-state index contributed by atoms with van der Waals surface area (Å²) in [5.74, 6) is 2.12. The third kappa shape index (κ3) is 4.13. The van der Waals surface area contributed by atoms with Crippen molar-refractivity contribution in [1.82, 2.24) is 20.1 Å². The summed E-state index contributed by atoms with van der Waals surface area (Å²) in [7, 11) is 5.58. The number of fused-ring (bicyclic) bond motifs is 3. The standard InChI is InChI=1S/C21H26N6O3S/c1-12-18(31-13(2)23-12)20(28)25-21-24-16-14(19-22-8-9-27(19)21)6-7-15(17(16)29-5)30-11-10-26(3)4/h6-7H,8-11H2,1-5H3,(H,24,25,28). The minimum atomic E-state index is -0.228. The molecule has 0 saturated heterocycles. The number of nitrogens with zero attached hydrogens (tertiary/aromatic N) is 5.